The summed E-state index contributed by atoms with van der Waals surface area (Å²) in [5, 5.41) is 4.13. The van der Waals surface area contributed by atoms with Gasteiger partial charge < -0.3 is 14.5 Å². The third-order valence-corrected chi connectivity index (χ3v) is 4.58. The zero-order chi connectivity index (χ0) is 16.4. The van der Waals surface area contributed by atoms with Crippen molar-refractivity contribution in [3.8, 4) is 0 Å². The van der Waals surface area contributed by atoms with Gasteiger partial charge in [0, 0.05) is 6.04 Å². The summed E-state index contributed by atoms with van der Waals surface area (Å²) < 4.78 is 10.8. The Morgan fingerprint density at radius 2 is 2.17 bits per heavy atom. The van der Waals surface area contributed by atoms with E-state index in [4.69, 9.17) is 9.15 Å². The fourth-order valence-corrected chi connectivity index (χ4v) is 3.31. The van der Waals surface area contributed by atoms with Crippen LogP contribution in [0.15, 0.2) is 10.7 Å². The molecule has 1 aliphatic rings. The molecule has 6 nitrogen and oxygen atoms in total. The summed E-state index contributed by atoms with van der Waals surface area (Å²) >= 11 is 0. The van der Waals surface area contributed by atoms with E-state index in [2.05, 4.69) is 22.2 Å². The molecule has 0 bridgehead atoms. The van der Waals surface area contributed by atoms with Crippen molar-refractivity contribution in [2.45, 2.75) is 52.5 Å². The van der Waals surface area contributed by atoms with Crippen molar-refractivity contribution in [3.05, 3.63) is 17.7 Å². The van der Waals surface area contributed by atoms with Crippen LogP contribution in [0.25, 0.3) is 11.1 Å². The SMILES string of the molecule is CCOC(=O)c1c(C)oc2ncnc(NC3CCCCC3C)c12. The number of aromatic nitrogens is 2. The Bertz CT molecular complexity index is 710. The van der Waals surface area contributed by atoms with Crippen LogP contribution in [0.3, 0.4) is 0 Å². The summed E-state index contributed by atoms with van der Waals surface area (Å²) in [5.41, 5.74) is 0.847. The van der Waals surface area contributed by atoms with Gasteiger partial charge in [0.05, 0.1) is 12.0 Å². The summed E-state index contributed by atoms with van der Waals surface area (Å²) in [6, 6.07) is 0.354. The van der Waals surface area contributed by atoms with E-state index in [9.17, 15) is 4.79 Å². The molecule has 2 atom stereocenters. The highest BCUT2D eigenvalue weighted by Gasteiger charge is 2.27. The van der Waals surface area contributed by atoms with Crippen molar-refractivity contribution in [2.75, 3.05) is 11.9 Å². The van der Waals surface area contributed by atoms with Crippen molar-refractivity contribution in [3.63, 3.8) is 0 Å². The molecule has 124 valence electrons. The van der Waals surface area contributed by atoms with Crippen LogP contribution in [0.1, 0.15) is 55.6 Å². The number of carbonyl (C=O) groups is 1. The van der Waals surface area contributed by atoms with Crippen LogP contribution in [-0.4, -0.2) is 28.6 Å². The van der Waals surface area contributed by atoms with E-state index in [1.165, 1.54) is 25.6 Å². The van der Waals surface area contributed by atoms with Gasteiger partial charge in [-0.25, -0.2) is 14.8 Å². The molecular weight excluding hydrogens is 294 g/mol. The molecule has 2 aromatic heterocycles. The van der Waals surface area contributed by atoms with Crippen LogP contribution in [0.4, 0.5) is 5.82 Å². The number of hydrogen-bond donors (Lipinski definition) is 1. The number of ether oxygens (including phenoxy) is 1. The molecule has 2 unspecified atom stereocenters. The van der Waals surface area contributed by atoms with Crippen molar-refractivity contribution in [2.24, 2.45) is 5.92 Å². The first-order chi connectivity index (χ1) is 11.1. The molecule has 1 fully saturated rings. The molecule has 0 aliphatic heterocycles. The predicted octanol–water partition coefficient (Wildman–Crippen LogP) is 3.70. The standard InChI is InChI=1S/C17H23N3O3/c1-4-22-17(21)13-11(3)23-16-14(13)15(18-9-19-16)20-12-8-6-5-7-10(12)2/h9-10,12H,4-8H2,1-3H3,(H,18,19,20). The largest absolute Gasteiger partial charge is 0.462 e. The number of hydrogen-bond acceptors (Lipinski definition) is 6. The third kappa shape index (κ3) is 3.02. The minimum Gasteiger partial charge on any atom is -0.462 e. The maximum atomic E-state index is 12.3. The van der Waals surface area contributed by atoms with Crippen molar-refractivity contribution >= 4 is 22.9 Å². The van der Waals surface area contributed by atoms with Crippen LogP contribution in [0, 0.1) is 12.8 Å². The minimum atomic E-state index is -0.390. The lowest BCUT2D eigenvalue weighted by molar-refractivity contribution is 0.0526. The first-order valence-corrected chi connectivity index (χ1v) is 8.29. The fourth-order valence-electron chi connectivity index (χ4n) is 3.31. The molecule has 0 spiro atoms. The van der Waals surface area contributed by atoms with E-state index in [1.807, 2.05) is 0 Å². The number of furan rings is 1. The second-order valence-electron chi connectivity index (χ2n) is 6.17. The molecule has 1 saturated carbocycles. The zero-order valence-corrected chi connectivity index (χ0v) is 13.9. The lowest BCUT2D eigenvalue weighted by Crippen LogP contribution is -2.30. The van der Waals surface area contributed by atoms with Crippen LogP contribution in [0.5, 0.6) is 0 Å². The monoisotopic (exact) mass is 317 g/mol. The molecule has 0 radical (unpaired) electrons. The van der Waals surface area contributed by atoms with Gasteiger partial charge in [0.15, 0.2) is 0 Å². The second-order valence-corrected chi connectivity index (χ2v) is 6.17. The smallest absolute Gasteiger partial charge is 0.342 e. The topological polar surface area (TPSA) is 77.2 Å². The molecule has 1 N–H and O–H groups in total. The third-order valence-electron chi connectivity index (χ3n) is 4.58. The molecule has 6 heteroatoms. The normalized spacial score (nSPS) is 21.3. The van der Waals surface area contributed by atoms with Crippen molar-refractivity contribution < 1.29 is 13.9 Å². The van der Waals surface area contributed by atoms with Crippen LogP contribution in [0.2, 0.25) is 0 Å². The first kappa shape index (κ1) is 15.8. The summed E-state index contributed by atoms with van der Waals surface area (Å²) in [7, 11) is 0. The maximum absolute atomic E-state index is 12.3. The molecule has 2 aromatic rings. The Balaban J connectivity index is 2.01. The lowest BCUT2D eigenvalue weighted by atomic mass is 9.86. The highest BCUT2D eigenvalue weighted by atomic mass is 16.5. The van der Waals surface area contributed by atoms with E-state index in [0.29, 0.717) is 46.8 Å². The van der Waals surface area contributed by atoms with E-state index in [1.54, 1.807) is 13.8 Å². The molecule has 23 heavy (non-hydrogen) atoms. The van der Waals surface area contributed by atoms with Gasteiger partial charge >= 0.3 is 5.97 Å². The van der Waals surface area contributed by atoms with Gasteiger partial charge in [-0.15, -0.1) is 0 Å². The minimum absolute atomic E-state index is 0.320. The van der Waals surface area contributed by atoms with Gasteiger partial charge in [-0.2, -0.15) is 0 Å². The van der Waals surface area contributed by atoms with Gasteiger partial charge in [-0.3, -0.25) is 0 Å². The predicted molar refractivity (Wildman–Crippen MR) is 87.5 cm³/mol. The van der Waals surface area contributed by atoms with Crippen LogP contribution in [-0.2, 0) is 4.74 Å². The number of nitrogens with one attached hydrogen (secondary N) is 1. The van der Waals surface area contributed by atoms with Crippen LogP contribution < -0.4 is 5.32 Å². The lowest BCUT2D eigenvalue weighted by Gasteiger charge is -2.30. The number of esters is 1. The van der Waals surface area contributed by atoms with Gasteiger partial charge in [0.2, 0.25) is 5.71 Å². The quantitative estimate of drug-likeness (QED) is 0.866. The average Bonchev–Trinajstić information content (AvgIpc) is 2.87. The summed E-state index contributed by atoms with van der Waals surface area (Å²) in [6.07, 6.45) is 6.28. The number of nitrogens with zero attached hydrogens (tertiary/aromatic N) is 2. The fraction of sp³-hybridized carbons (Fsp3) is 0.588. The van der Waals surface area contributed by atoms with Gasteiger partial charge in [-0.05, 0) is 32.6 Å². The maximum Gasteiger partial charge on any atom is 0.342 e. The Morgan fingerprint density at radius 3 is 2.91 bits per heavy atom. The highest BCUT2D eigenvalue weighted by Crippen LogP contribution is 2.32. The molecular formula is C17H23N3O3. The summed E-state index contributed by atoms with van der Waals surface area (Å²) in [6.45, 7) is 6.11. The molecule has 3 rings (SSSR count). The zero-order valence-electron chi connectivity index (χ0n) is 13.9. The van der Waals surface area contributed by atoms with Crippen molar-refractivity contribution in [1.29, 1.82) is 0 Å². The van der Waals surface area contributed by atoms with Gasteiger partial charge in [-0.1, -0.05) is 19.8 Å². The second kappa shape index (κ2) is 6.56. The molecule has 2 heterocycles. The number of rotatable bonds is 4. The summed E-state index contributed by atoms with van der Waals surface area (Å²) in [5.74, 6) is 1.36. The number of fused-ring (bicyclic) bond motifs is 1. The summed E-state index contributed by atoms with van der Waals surface area (Å²) in [4.78, 5) is 20.8. The van der Waals surface area contributed by atoms with Crippen LogP contribution >= 0.6 is 0 Å². The molecule has 0 aromatic carbocycles. The van der Waals surface area contributed by atoms with Crippen molar-refractivity contribution in [1.82, 2.24) is 9.97 Å². The molecule has 0 saturated heterocycles. The van der Waals surface area contributed by atoms with Gasteiger partial charge in [0.25, 0.3) is 0 Å². The Hall–Kier alpha value is -2.11. The average molecular weight is 317 g/mol. The first-order valence-electron chi connectivity index (χ1n) is 8.29. The van der Waals surface area contributed by atoms with E-state index in [-0.39, 0.29) is 0 Å². The Morgan fingerprint density at radius 1 is 1.39 bits per heavy atom. The number of anilines is 1. The van der Waals surface area contributed by atoms with E-state index in [0.717, 1.165) is 6.42 Å². The molecule has 0 amide bonds. The number of carbonyl (C=O) groups excluding carboxylic acids is 1. The Labute approximate surface area is 135 Å². The Kier molecular flexibility index (Phi) is 4.50. The number of aryl methyl sites for hydroxylation is 1. The van der Waals surface area contributed by atoms with E-state index >= 15 is 0 Å². The van der Waals surface area contributed by atoms with E-state index < -0.39 is 5.97 Å². The molecule has 1 aliphatic carbocycles. The highest BCUT2D eigenvalue weighted by molar-refractivity contribution is 6.07. The van der Waals surface area contributed by atoms with Gasteiger partial charge in [0.1, 0.15) is 23.5 Å².